The van der Waals surface area contributed by atoms with E-state index < -0.39 is 0 Å². The Balaban J connectivity index is 1.87. The molecule has 2 aromatic rings. The molecule has 0 saturated heterocycles. The third-order valence-corrected chi connectivity index (χ3v) is 4.51. The van der Waals surface area contributed by atoms with E-state index in [0.29, 0.717) is 18.4 Å². The highest BCUT2D eigenvalue weighted by Gasteiger charge is 2.10. The quantitative estimate of drug-likeness (QED) is 0.523. The fourth-order valence-corrected chi connectivity index (χ4v) is 2.78. The summed E-state index contributed by atoms with van der Waals surface area (Å²) >= 11 is 12.9. The van der Waals surface area contributed by atoms with Crippen molar-refractivity contribution in [2.45, 2.75) is 12.3 Å². The molecule has 4 heteroatoms. The molecule has 0 aliphatic heterocycles. The second-order valence-electron chi connectivity index (χ2n) is 4.49. The van der Waals surface area contributed by atoms with Gasteiger partial charge in [-0.15, -0.1) is 11.6 Å². The van der Waals surface area contributed by atoms with Crippen LogP contribution in [0.15, 0.2) is 57.5 Å². The van der Waals surface area contributed by atoms with Crippen LogP contribution in [-0.4, -0.2) is 12.5 Å². The zero-order valence-corrected chi connectivity index (χ0v) is 14.8. The molecule has 0 aliphatic carbocycles. The van der Waals surface area contributed by atoms with E-state index in [9.17, 15) is 0 Å². The van der Waals surface area contributed by atoms with Gasteiger partial charge in [0.15, 0.2) is 0 Å². The smallest absolute Gasteiger partial charge is 0.119 e. The molecule has 2 aromatic carbocycles. The lowest BCUT2D eigenvalue weighted by Crippen LogP contribution is -2.07. The number of benzene rings is 2. The van der Waals surface area contributed by atoms with Crippen molar-refractivity contribution in [3.8, 4) is 5.75 Å². The van der Waals surface area contributed by atoms with E-state index in [1.165, 1.54) is 5.56 Å². The molecule has 2 rings (SSSR count). The molecule has 1 nitrogen and oxygen atoms in total. The second-order valence-corrected chi connectivity index (χ2v) is 6.63. The standard InChI is InChI=1S/C16H15Br2ClO/c17-14-3-1-12(2-4-14)13(11-19)9-10-20-16-7-5-15(18)6-8-16/h1-8,13H,9-11H2. The number of rotatable bonds is 6. The lowest BCUT2D eigenvalue weighted by atomic mass is 9.98. The van der Waals surface area contributed by atoms with E-state index in [1.807, 2.05) is 36.4 Å². The third-order valence-electron chi connectivity index (χ3n) is 3.08. The van der Waals surface area contributed by atoms with Crippen molar-refractivity contribution in [2.24, 2.45) is 0 Å². The molecule has 0 radical (unpaired) electrons. The first-order valence-corrected chi connectivity index (χ1v) is 8.51. The van der Waals surface area contributed by atoms with E-state index in [0.717, 1.165) is 21.1 Å². The molecule has 1 unspecified atom stereocenters. The fourth-order valence-electron chi connectivity index (χ4n) is 1.92. The molecule has 0 saturated carbocycles. The van der Waals surface area contributed by atoms with Gasteiger partial charge in [0.1, 0.15) is 5.75 Å². The van der Waals surface area contributed by atoms with Crippen LogP contribution in [0.1, 0.15) is 17.9 Å². The van der Waals surface area contributed by atoms with Crippen molar-refractivity contribution in [3.05, 3.63) is 63.0 Å². The molecule has 1 atom stereocenters. The van der Waals surface area contributed by atoms with Crippen LogP contribution < -0.4 is 4.74 Å². The third kappa shape index (κ3) is 4.80. The summed E-state index contributed by atoms with van der Waals surface area (Å²) in [4.78, 5) is 0. The summed E-state index contributed by atoms with van der Waals surface area (Å²) in [7, 11) is 0. The summed E-state index contributed by atoms with van der Waals surface area (Å²) < 4.78 is 7.89. The molecule has 0 heterocycles. The van der Waals surface area contributed by atoms with Gasteiger partial charge in [-0.2, -0.15) is 0 Å². The van der Waals surface area contributed by atoms with E-state index >= 15 is 0 Å². The average Bonchev–Trinajstić information content (AvgIpc) is 2.47. The van der Waals surface area contributed by atoms with E-state index in [1.54, 1.807) is 0 Å². The Bertz CT molecular complexity index is 525. The van der Waals surface area contributed by atoms with Crippen molar-refractivity contribution in [1.29, 1.82) is 0 Å². The summed E-state index contributed by atoms with van der Waals surface area (Å²) in [6.45, 7) is 0.662. The zero-order chi connectivity index (χ0) is 14.4. The van der Waals surface area contributed by atoms with Crippen molar-refractivity contribution < 1.29 is 4.74 Å². The van der Waals surface area contributed by atoms with Gasteiger partial charge >= 0.3 is 0 Å². The summed E-state index contributed by atoms with van der Waals surface area (Å²) in [6, 6.07) is 16.2. The highest BCUT2D eigenvalue weighted by molar-refractivity contribution is 9.10. The molecule has 0 fully saturated rings. The van der Waals surface area contributed by atoms with Crippen LogP contribution in [0.25, 0.3) is 0 Å². The van der Waals surface area contributed by atoms with Gasteiger partial charge in [-0.25, -0.2) is 0 Å². The van der Waals surface area contributed by atoms with E-state index in [4.69, 9.17) is 16.3 Å². The Morgan fingerprint density at radius 2 is 1.45 bits per heavy atom. The van der Waals surface area contributed by atoms with Gasteiger partial charge in [0.2, 0.25) is 0 Å². The van der Waals surface area contributed by atoms with Crippen LogP contribution >= 0.6 is 43.5 Å². The highest BCUT2D eigenvalue weighted by Crippen LogP contribution is 2.24. The van der Waals surface area contributed by atoms with Gasteiger partial charge in [0.05, 0.1) is 6.61 Å². The molecular formula is C16H15Br2ClO. The number of halogens is 3. The van der Waals surface area contributed by atoms with Crippen LogP contribution in [0.5, 0.6) is 5.75 Å². The average molecular weight is 419 g/mol. The summed E-state index contributed by atoms with van der Waals surface area (Å²) in [5, 5.41) is 0. The second kappa shape index (κ2) is 8.06. The molecule has 0 spiro atoms. The zero-order valence-electron chi connectivity index (χ0n) is 10.9. The first-order chi connectivity index (χ1) is 9.69. The van der Waals surface area contributed by atoms with Gasteiger partial charge < -0.3 is 4.74 Å². The molecule has 0 aromatic heterocycles. The Morgan fingerprint density at radius 3 is 2.00 bits per heavy atom. The van der Waals surface area contributed by atoms with Gasteiger partial charge in [-0.1, -0.05) is 44.0 Å². The van der Waals surface area contributed by atoms with Gasteiger partial charge in [0, 0.05) is 20.7 Å². The minimum absolute atomic E-state index is 0.320. The molecule has 0 amide bonds. The molecule has 0 aliphatic rings. The first kappa shape index (κ1) is 15.9. The van der Waals surface area contributed by atoms with Crippen molar-refractivity contribution in [2.75, 3.05) is 12.5 Å². The SMILES string of the molecule is ClCC(CCOc1ccc(Br)cc1)c1ccc(Br)cc1. The Kier molecular flexibility index (Phi) is 6.40. The predicted molar refractivity (Wildman–Crippen MR) is 91.9 cm³/mol. The summed E-state index contributed by atoms with van der Waals surface area (Å²) in [5.74, 6) is 1.81. The fraction of sp³-hybridized carbons (Fsp3) is 0.250. The topological polar surface area (TPSA) is 9.23 Å². The largest absolute Gasteiger partial charge is 0.494 e. The normalized spacial score (nSPS) is 12.2. The Morgan fingerprint density at radius 1 is 0.900 bits per heavy atom. The van der Waals surface area contributed by atoms with Crippen molar-refractivity contribution >= 4 is 43.5 Å². The van der Waals surface area contributed by atoms with Crippen LogP contribution in [0.3, 0.4) is 0 Å². The monoisotopic (exact) mass is 416 g/mol. The predicted octanol–water partition coefficient (Wildman–Crippen LogP) is 6.00. The molecule has 20 heavy (non-hydrogen) atoms. The van der Waals surface area contributed by atoms with Gasteiger partial charge in [-0.05, 0) is 48.4 Å². The molecule has 106 valence electrons. The first-order valence-electron chi connectivity index (χ1n) is 6.39. The van der Waals surface area contributed by atoms with Crippen molar-refractivity contribution in [3.63, 3.8) is 0 Å². The maximum atomic E-state index is 6.07. The highest BCUT2D eigenvalue weighted by atomic mass is 79.9. The van der Waals surface area contributed by atoms with Crippen molar-refractivity contribution in [1.82, 2.24) is 0 Å². The molecule has 0 bridgehead atoms. The summed E-state index contributed by atoms with van der Waals surface area (Å²) in [6.07, 6.45) is 0.904. The van der Waals surface area contributed by atoms with Gasteiger partial charge in [-0.3, -0.25) is 0 Å². The maximum absolute atomic E-state index is 6.07. The number of alkyl halides is 1. The lowest BCUT2D eigenvalue weighted by Gasteiger charge is -2.15. The minimum Gasteiger partial charge on any atom is -0.494 e. The van der Waals surface area contributed by atoms with E-state index in [-0.39, 0.29) is 0 Å². The van der Waals surface area contributed by atoms with Crippen LogP contribution in [0.2, 0.25) is 0 Å². The Labute approximate surface area is 141 Å². The minimum atomic E-state index is 0.320. The van der Waals surface area contributed by atoms with Crippen LogP contribution in [0, 0.1) is 0 Å². The van der Waals surface area contributed by atoms with E-state index in [2.05, 4.69) is 44.0 Å². The van der Waals surface area contributed by atoms with Crippen LogP contribution in [-0.2, 0) is 0 Å². The van der Waals surface area contributed by atoms with Gasteiger partial charge in [0.25, 0.3) is 0 Å². The lowest BCUT2D eigenvalue weighted by molar-refractivity contribution is 0.301. The molecular weight excluding hydrogens is 403 g/mol. The number of hydrogen-bond donors (Lipinski definition) is 0. The number of hydrogen-bond acceptors (Lipinski definition) is 1. The summed E-state index contributed by atoms with van der Waals surface area (Å²) in [5.41, 5.74) is 1.25. The number of ether oxygens (including phenoxy) is 1. The molecule has 0 N–H and O–H groups in total. The Hall–Kier alpha value is -0.510. The maximum Gasteiger partial charge on any atom is 0.119 e. The van der Waals surface area contributed by atoms with Crippen LogP contribution in [0.4, 0.5) is 0 Å².